The molecule has 0 unspecified atom stereocenters. The monoisotopic (exact) mass is 363 g/mol. The molecule has 9 heteroatoms. The van der Waals surface area contributed by atoms with E-state index in [1.54, 1.807) is 6.07 Å². The van der Waals surface area contributed by atoms with Gasteiger partial charge in [0.1, 0.15) is 5.82 Å². The van der Waals surface area contributed by atoms with Crippen LogP contribution >= 0.6 is 0 Å². The predicted molar refractivity (Wildman–Crippen MR) is 86.5 cm³/mol. The van der Waals surface area contributed by atoms with Crippen molar-refractivity contribution in [2.45, 2.75) is 0 Å². The van der Waals surface area contributed by atoms with Crippen molar-refractivity contribution in [2.24, 2.45) is 0 Å². The number of anilines is 1. The summed E-state index contributed by atoms with van der Waals surface area (Å²) in [7, 11) is 0. The fourth-order valence-electron chi connectivity index (χ4n) is 2.25. The quantitative estimate of drug-likeness (QED) is 0.525. The number of hydrogen-bond acceptors (Lipinski definition) is 4. The number of benzene rings is 2. The van der Waals surface area contributed by atoms with Crippen molar-refractivity contribution in [3.8, 4) is 11.6 Å². The van der Waals surface area contributed by atoms with E-state index in [0.29, 0.717) is 5.69 Å². The standard InChI is InChI=1S/C17H12FN3O4.Na/c18-11-6-4-10(5-7-11)16(24)19-12-2-1-3-13(8-12)21-15(23)9-14(22)20-17(21)25;/h1-9,23H,(H,19,24)(H,20,22,25);/q;+1/p-1. The van der Waals surface area contributed by atoms with Gasteiger partial charge in [0.05, 0.1) is 5.69 Å². The molecule has 1 amide bonds. The Balaban J connectivity index is 0.00000243. The van der Waals surface area contributed by atoms with E-state index >= 15 is 0 Å². The number of rotatable bonds is 3. The van der Waals surface area contributed by atoms with Crippen LogP contribution in [-0.4, -0.2) is 15.5 Å². The molecule has 3 rings (SSSR count). The molecule has 0 aliphatic rings. The van der Waals surface area contributed by atoms with Crippen molar-refractivity contribution in [1.82, 2.24) is 9.55 Å². The third-order valence-electron chi connectivity index (χ3n) is 3.38. The Morgan fingerprint density at radius 2 is 1.77 bits per heavy atom. The van der Waals surface area contributed by atoms with Gasteiger partial charge in [0.2, 0.25) is 0 Å². The Morgan fingerprint density at radius 3 is 2.42 bits per heavy atom. The van der Waals surface area contributed by atoms with Gasteiger partial charge in [-0.15, -0.1) is 0 Å². The number of nitrogens with one attached hydrogen (secondary N) is 2. The number of halogens is 1. The molecular formula is C17H11FN3NaO4. The molecule has 0 spiro atoms. The van der Waals surface area contributed by atoms with Crippen molar-refractivity contribution in [3.63, 3.8) is 0 Å². The number of hydrogen-bond donors (Lipinski definition) is 2. The summed E-state index contributed by atoms with van der Waals surface area (Å²) in [6.07, 6.45) is 0. The van der Waals surface area contributed by atoms with E-state index in [-0.39, 0.29) is 40.8 Å². The maximum Gasteiger partial charge on any atom is 1.00 e. The molecule has 1 aromatic heterocycles. The molecule has 2 N–H and O–H groups in total. The van der Waals surface area contributed by atoms with Crippen LogP contribution in [0.5, 0.6) is 5.88 Å². The van der Waals surface area contributed by atoms with E-state index < -0.39 is 28.9 Å². The van der Waals surface area contributed by atoms with Crippen LogP contribution in [0.3, 0.4) is 0 Å². The van der Waals surface area contributed by atoms with Crippen LogP contribution in [0, 0.1) is 5.82 Å². The molecule has 2 aromatic carbocycles. The molecule has 0 atom stereocenters. The molecule has 26 heavy (non-hydrogen) atoms. The van der Waals surface area contributed by atoms with Crippen molar-refractivity contribution in [2.75, 3.05) is 5.32 Å². The summed E-state index contributed by atoms with van der Waals surface area (Å²) < 4.78 is 13.7. The van der Waals surface area contributed by atoms with Crippen molar-refractivity contribution in [1.29, 1.82) is 0 Å². The van der Waals surface area contributed by atoms with E-state index in [4.69, 9.17) is 0 Å². The average Bonchev–Trinajstić information content (AvgIpc) is 2.55. The summed E-state index contributed by atoms with van der Waals surface area (Å²) >= 11 is 0. The Morgan fingerprint density at radius 1 is 1.08 bits per heavy atom. The van der Waals surface area contributed by atoms with Crippen LogP contribution in [0.4, 0.5) is 10.1 Å². The van der Waals surface area contributed by atoms with Crippen LogP contribution in [0.2, 0.25) is 0 Å². The van der Waals surface area contributed by atoms with Crippen LogP contribution in [0.1, 0.15) is 10.4 Å². The molecule has 126 valence electrons. The van der Waals surface area contributed by atoms with Gasteiger partial charge in [-0.3, -0.25) is 19.1 Å². The van der Waals surface area contributed by atoms with Crippen LogP contribution in [0.15, 0.2) is 64.2 Å². The fourth-order valence-corrected chi connectivity index (χ4v) is 2.25. The van der Waals surface area contributed by atoms with Crippen LogP contribution in [-0.2, 0) is 0 Å². The Kier molecular flexibility index (Phi) is 6.14. The van der Waals surface area contributed by atoms with Crippen molar-refractivity contribution < 1.29 is 43.8 Å². The third kappa shape index (κ3) is 4.29. The molecule has 0 saturated heterocycles. The first-order valence-corrected chi connectivity index (χ1v) is 7.15. The van der Waals surface area contributed by atoms with Gasteiger partial charge in [0, 0.05) is 17.3 Å². The van der Waals surface area contributed by atoms with Gasteiger partial charge in [-0.05, 0) is 48.3 Å². The number of carbonyl (C=O) groups is 1. The molecule has 1 heterocycles. The topological polar surface area (TPSA) is 107 Å². The predicted octanol–water partition coefficient (Wildman–Crippen LogP) is -2.01. The van der Waals surface area contributed by atoms with Crippen molar-refractivity contribution >= 4 is 11.6 Å². The van der Waals surface area contributed by atoms with Gasteiger partial charge < -0.3 is 10.4 Å². The largest absolute Gasteiger partial charge is 1.00 e. The zero-order valence-electron chi connectivity index (χ0n) is 13.7. The fraction of sp³-hybridized carbons (Fsp3) is 0. The Hall–Kier alpha value is -2.68. The average molecular weight is 363 g/mol. The molecule has 7 nitrogen and oxygen atoms in total. The third-order valence-corrected chi connectivity index (χ3v) is 3.38. The van der Waals surface area contributed by atoms with Gasteiger partial charge >= 0.3 is 35.2 Å². The number of H-pyrrole nitrogens is 1. The maximum atomic E-state index is 12.9. The van der Waals surface area contributed by atoms with E-state index in [1.807, 2.05) is 4.98 Å². The first-order chi connectivity index (χ1) is 11.9. The second-order valence-corrected chi connectivity index (χ2v) is 5.12. The summed E-state index contributed by atoms with van der Waals surface area (Å²) in [6, 6.07) is 11.7. The van der Waals surface area contributed by atoms with E-state index in [0.717, 1.165) is 22.8 Å². The summed E-state index contributed by atoms with van der Waals surface area (Å²) in [6.45, 7) is 0. The molecule has 3 aromatic rings. The molecule has 0 aliphatic carbocycles. The van der Waals surface area contributed by atoms with E-state index in [1.165, 1.54) is 30.3 Å². The van der Waals surface area contributed by atoms with Gasteiger partial charge in [0.15, 0.2) is 0 Å². The number of carbonyl (C=O) groups excluding carboxylic acids is 1. The van der Waals surface area contributed by atoms with Gasteiger partial charge in [-0.2, -0.15) is 0 Å². The van der Waals surface area contributed by atoms with Crippen LogP contribution in [0.25, 0.3) is 5.69 Å². The number of aromatic amines is 1. The van der Waals surface area contributed by atoms with Gasteiger partial charge in [-0.25, -0.2) is 9.18 Å². The zero-order chi connectivity index (χ0) is 18.0. The molecule has 0 saturated carbocycles. The smallest absolute Gasteiger partial charge is 0.859 e. The number of nitrogens with zero attached hydrogens (tertiary/aromatic N) is 1. The first-order valence-electron chi connectivity index (χ1n) is 7.15. The summed E-state index contributed by atoms with van der Waals surface area (Å²) in [5.41, 5.74) is -0.906. The molecule has 0 bridgehead atoms. The molecule has 0 fully saturated rings. The van der Waals surface area contributed by atoms with Gasteiger partial charge in [0.25, 0.3) is 11.5 Å². The van der Waals surface area contributed by atoms with E-state index in [2.05, 4.69) is 5.32 Å². The minimum Gasteiger partial charge on any atom is -0.859 e. The summed E-state index contributed by atoms with van der Waals surface area (Å²) in [4.78, 5) is 37.1. The molecular weight excluding hydrogens is 352 g/mol. The minimum absolute atomic E-state index is 0. The molecule has 0 radical (unpaired) electrons. The minimum atomic E-state index is -0.875. The normalized spacial score (nSPS) is 10.0. The van der Waals surface area contributed by atoms with Crippen LogP contribution < -0.4 is 51.2 Å². The number of amides is 1. The van der Waals surface area contributed by atoms with E-state index in [9.17, 15) is 23.9 Å². The summed E-state index contributed by atoms with van der Waals surface area (Å²) in [5.74, 6) is -1.72. The maximum absolute atomic E-state index is 12.9. The van der Waals surface area contributed by atoms with Crippen molar-refractivity contribution in [3.05, 3.63) is 86.8 Å². The molecule has 0 aliphatic heterocycles. The Labute approximate surface area is 168 Å². The second kappa shape index (κ2) is 8.13. The zero-order valence-corrected chi connectivity index (χ0v) is 15.7. The Bertz CT molecular complexity index is 1060. The second-order valence-electron chi connectivity index (χ2n) is 5.12. The first kappa shape index (κ1) is 19.6. The number of aromatic nitrogens is 2. The summed E-state index contributed by atoms with van der Waals surface area (Å²) in [5, 5.41) is 14.5. The van der Waals surface area contributed by atoms with Gasteiger partial charge in [-0.1, -0.05) is 6.07 Å². The SMILES string of the molecule is O=C(Nc1cccc(-n2c([O-])cc(=O)[nH]c2=O)c1)c1ccc(F)cc1.[Na+].